The van der Waals surface area contributed by atoms with E-state index in [4.69, 9.17) is 14.2 Å². The Morgan fingerprint density at radius 1 is 0.935 bits per heavy atom. The monoisotopic (exact) mass is 422 g/mol. The fraction of sp³-hybridized carbons (Fsp3) is 0.417. The summed E-state index contributed by atoms with van der Waals surface area (Å²) in [6.07, 6.45) is 2.50. The Labute approximate surface area is 181 Å². The molecule has 1 atom stereocenters. The van der Waals surface area contributed by atoms with E-state index in [1.807, 2.05) is 42.5 Å². The number of nitrogens with zero attached hydrogens (tertiary/aromatic N) is 1. The van der Waals surface area contributed by atoms with E-state index < -0.39 is 0 Å². The van der Waals surface area contributed by atoms with E-state index in [1.165, 1.54) is 0 Å². The summed E-state index contributed by atoms with van der Waals surface area (Å²) in [5.74, 6) is 2.43. The molecule has 1 saturated carbocycles. The Balaban J connectivity index is 1.21. The van der Waals surface area contributed by atoms with Gasteiger partial charge >= 0.3 is 0 Å². The molecule has 5 rings (SSSR count). The van der Waals surface area contributed by atoms with E-state index in [0.717, 1.165) is 35.6 Å². The summed E-state index contributed by atoms with van der Waals surface area (Å²) in [5, 5.41) is 3.15. The third kappa shape index (κ3) is 4.31. The molecule has 1 aliphatic carbocycles. The lowest BCUT2D eigenvalue weighted by atomic mass is 10.0. The lowest BCUT2D eigenvalue weighted by Gasteiger charge is -2.29. The molecule has 0 bridgehead atoms. The molecule has 0 radical (unpaired) electrons. The van der Waals surface area contributed by atoms with Crippen LogP contribution in [0.1, 0.15) is 37.3 Å². The molecule has 1 unspecified atom stereocenters. The number of anilines is 1. The van der Waals surface area contributed by atoms with Gasteiger partial charge in [-0.1, -0.05) is 18.2 Å². The van der Waals surface area contributed by atoms with Crippen LogP contribution in [0, 0.1) is 5.92 Å². The molecule has 2 heterocycles. The van der Waals surface area contributed by atoms with Gasteiger partial charge in [0.15, 0.2) is 11.5 Å². The standard InChI is InChI=1S/C24H26N2O5/c27-22(9-10-23(28)26-11-12-29-19-4-2-1-3-18(19)26)25-24(16-5-6-16)17-7-8-20-21(15-17)31-14-13-30-20/h1-4,7-8,15-16,24H,5-6,9-14H2,(H,25,27). The largest absolute Gasteiger partial charge is 0.490 e. The number of ether oxygens (including phenoxy) is 3. The minimum absolute atomic E-state index is 0.0619. The highest BCUT2D eigenvalue weighted by Crippen LogP contribution is 2.43. The summed E-state index contributed by atoms with van der Waals surface area (Å²) in [4.78, 5) is 27.2. The van der Waals surface area contributed by atoms with Crippen LogP contribution in [0.5, 0.6) is 17.2 Å². The molecule has 2 amide bonds. The van der Waals surface area contributed by atoms with Crippen molar-refractivity contribution in [1.29, 1.82) is 0 Å². The minimum Gasteiger partial charge on any atom is -0.490 e. The van der Waals surface area contributed by atoms with E-state index >= 15 is 0 Å². The SMILES string of the molecule is O=C(CCC(=O)N1CCOc2ccccc21)NC(c1ccc2c(c1)OCCO2)C1CC1. The van der Waals surface area contributed by atoms with Gasteiger partial charge in [0.25, 0.3) is 0 Å². The highest BCUT2D eigenvalue weighted by Gasteiger charge is 2.34. The van der Waals surface area contributed by atoms with Crippen LogP contribution in [0.15, 0.2) is 42.5 Å². The second-order valence-corrected chi connectivity index (χ2v) is 8.15. The number of carbonyl (C=O) groups excluding carboxylic acids is 2. The van der Waals surface area contributed by atoms with Crippen molar-refractivity contribution in [2.24, 2.45) is 5.92 Å². The number of hydrogen-bond acceptors (Lipinski definition) is 5. The number of rotatable bonds is 6. The van der Waals surface area contributed by atoms with Crippen LogP contribution < -0.4 is 24.4 Å². The fourth-order valence-electron chi connectivity index (χ4n) is 4.19. The summed E-state index contributed by atoms with van der Waals surface area (Å²) < 4.78 is 16.9. The zero-order valence-electron chi connectivity index (χ0n) is 17.3. The lowest BCUT2D eigenvalue weighted by Crippen LogP contribution is -2.38. The molecule has 0 aromatic heterocycles. The first kappa shape index (κ1) is 19.7. The molecular weight excluding hydrogens is 396 g/mol. The van der Waals surface area contributed by atoms with Gasteiger partial charge in [-0.05, 0) is 48.6 Å². The first-order valence-corrected chi connectivity index (χ1v) is 10.9. The van der Waals surface area contributed by atoms with Gasteiger partial charge in [0.2, 0.25) is 11.8 Å². The van der Waals surface area contributed by atoms with E-state index in [-0.39, 0.29) is 30.7 Å². The van der Waals surface area contributed by atoms with Crippen LogP contribution in [0.25, 0.3) is 0 Å². The topological polar surface area (TPSA) is 77.1 Å². The van der Waals surface area contributed by atoms with Gasteiger partial charge in [-0.15, -0.1) is 0 Å². The van der Waals surface area contributed by atoms with Gasteiger partial charge in [-0.25, -0.2) is 0 Å². The Morgan fingerprint density at radius 3 is 2.55 bits per heavy atom. The van der Waals surface area contributed by atoms with Gasteiger partial charge in [0, 0.05) is 12.8 Å². The van der Waals surface area contributed by atoms with E-state index in [1.54, 1.807) is 4.90 Å². The molecule has 0 spiro atoms. The predicted octanol–water partition coefficient (Wildman–Crippen LogP) is 3.23. The summed E-state index contributed by atoms with van der Waals surface area (Å²) in [6, 6.07) is 13.3. The zero-order valence-corrected chi connectivity index (χ0v) is 17.3. The van der Waals surface area contributed by atoms with Crippen molar-refractivity contribution in [2.45, 2.75) is 31.7 Å². The molecule has 7 nitrogen and oxygen atoms in total. The predicted molar refractivity (Wildman–Crippen MR) is 115 cm³/mol. The third-order valence-corrected chi connectivity index (χ3v) is 5.93. The van der Waals surface area contributed by atoms with Crippen LogP contribution in [0.3, 0.4) is 0 Å². The van der Waals surface area contributed by atoms with Crippen LogP contribution in [-0.2, 0) is 9.59 Å². The van der Waals surface area contributed by atoms with Crippen molar-refractivity contribution in [2.75, 3.05) is 31.3 Å². The summed E-state index contributed by atoms with van der Waals surface area (Å²) in [5.41, 5.74) is 1.79. The van der Waals surface area contributed by atoms with Crippen LogP contribution in [0.4, 0.5) is 5.69 Å². The number of nitrogens with one attached hydrogen (secondary N) is 1. The van der Waals surface area contributed by atoms with Gasteiger partial charge in [0.05, 0.1) is 18.3 Å². The van der Waals surface area contributed by atoms with Crippen molar-refractivity contribution in [3.63, 3.8) is 0 Å². The van der Waals surface area contributed by atoms with Crippen LogP contribution in [-0.4, -0.2) is 38.2 Å². The molecule has 1 fully saturated rings. The molecule has 7 heteroatoms. The highest BCUT2D eigenvalue weighted by molar-refractivity contribution is 5.97. The molecule has 162 valence electrons. The van der Waals surface area contributed by atoms with E-state index in [0.29, 0.717) is 38.0 Å². The summed E-state index contributed by atoms with van der Waals surface area (Å²) >= 11 is 0. The van der Waals surface area contributed by atoms with Crippen molar-refractivity contribution >= 4 is 17.5 Å². The summed E-state index contributed by atoms with van der Waals surface area (Å²) in [6.45, 7) is 2.04. The molecular formula is C24H26N2O5. The van der Waals surface area contributed by atoms with Crippen molar-refractivity contribution in [3.05, 3.63) is 48.0 Å². The average molecular weight is 422 g/mol. The van der Waals surface area contributed by atoms with Gasteiger partial charge in [0.1, 0.15) is 25.6 Å². The Morgan fingerprint density at radius 2 is 1.71 bits per heavy atom. The second-order valence-electron chi connectivity index (χ2n) is 8.15. The van der Waals surface area contributed by atoms with Crippen molar-refractivity contribution < 1.29 is 23.8 Å². The van der Waals surface area contributed by atoms with Gasteiger partial charge in [-0.2, -0.15) is 0 Å². The fourth-order valence-corrected chi connectivity index (χ4v) is 4.19. The number of para-hydroxylation sites is 2. The third-order valence-electron chi connectivity index (χ3n) is 5.93. The van der Waals surface area contributed by atoms with Crippen molar-refractivity contribution in [1.82, 2.24) is 5.32 Å². The second kappa shape index (κ2) is 8.49. The first-order chi connectivity index (χ1) is 15.2. The molecule has 3 aliphatic rings. The first-order valence-electron chi connectivity index (χ1n) is 10.9. The molecule has 2 aromatic carbocycles. The maximum atomic E-state index is 12.8. The molecule has 2 aliphatic heterocycles. The average Bonchev–Trinajstić information content (AvgIpc) is 3.65. The zero-order chi connectivity index (χ0) is 21.2. The quantitative estimate of drug-likeness (QED) is 0.774. The van der Waals surface area contributed by atoms with E-state index in [2.05, 4.69) is 5.32 Å². The number of fused-ring (bicyclic) bond motifs is 2. The summed E-state index contributed by atoms with van der Waals surface area (Å²) in [7, 11) is 0. The molecule has 2 aromatic rings. The number of hydrogen-bond donors (Lipinski definition) is 1. The van der Waals surface area contributed by atoms with Crippen LogP contribution in [0.2, 0.25) is 0 Å². The minimum atomic E-state index is -0.110. The molecule has 31 heavy (non-hydrogen) atoms. The Bertz CT molecular complexity index is 988. The molecule has 1 N–H and O–H groups in total. The Hall–Kier alpha value is -3.22. The lowest BCUT2D eigenvalue weighted by molar-refractivity contribution is -0.125. The number of amides is 2. The number of benzene rings is 2. The maximum Gasteiger partial charge on any atom is 0.227 e. The van der Waals surface area contributed by atoms with Crippen LogP contribution >= 0.6 is 0 Å². The van der Waals surface area contributed by atoms with E-state index in [9.17, 15) is 9.59 Å². The van der Waals surface area contributed by atoms with Gasteiger partial charge < -0.3 is 24.4 Å². The van der Waals surface area contributed by atoms with Gasteiger partial charge in [-0.3, -0.25) is 9.59 Å². The van der Waals surface area contributed by atoms with Crippen molar-refractivity contribution in [3.8, 4) is 17.2 Å². The smallest absolute Gasteiger partial charge is 0.227 e. The molecule has 0 saturated heterocycles. The Kier molecular flexibility index (Phi) is 5.40. The normalized spacial score (nSPS) is 17.9. The highest BCUT2D eigenvalue weighted by atomic mass is 16.6. The number of carbonyl (C=O) groups is 2. The maximum absolute atomic E-state index is 12.8.